The molecule has 1 aromatic rings. The Morgan fingerprint density at radius 3 is 2.33 bits per heavy atom. The minimum absolute atomic E-state index is 0.565. The van der Waals surface area contributed by atoms with E-state index in [-0.39, 0.29) is 0 Å². The molecular weight excluding hydrogens is 270 g/mol. The van der Waals surface area contributed by atoms with Gasteiger partial charge in [0.1, 0.15) is 0 Å². The third-order valence-corrected chi connectivity index (χ3v) is 4.42. The standard InChI is InChI=1S/C16H23NO4/c1-5-16(15(18)19)9-17(10-16)8-12-7-14(21-4)13(20-3)6-11(12)2/h6-7H,5,8-10H2,1-4H3,(H,18,19). The van der Waals surface area contributed by atoms with Crippen LogP contribution >= 0.6 is 0 Å². The molecule has 21 heavy (non-hydrogen) atoms. The van der Waals surface area contributed by atoms with Gasteiger partial charge >= 0.3 is 5.97 Å². The highest BCUT2D eigenvalue weighted by Gasteiger charge is 2.47. The molecule has 1 saturated heterocycles. The maximum absolute atomic E-state index is 11.3. The third-order valence-electron chi connectivity index (χ3n) is 4.42. The molecule has 1 aliphatic heterocycles. The molecule has 5 heteroatoms. The van der Waals surface area contributed by atoms with Crippen molar-refractivity contribution in [3.8, 4) is 11.5 Å². The molecule has 1 N–H and O–H groups in total. The summed E-state index contributed by atoms with van der Waals surface area (Å²) in [5, 5.41) is 9.31. The highest BCUT2D eigenvalue weighted by molar-refractivity contribution is 5.76. The van der Waals surface area contributed by atoms with Crippen molar-refractivity contribution < 1.29 is 19.4 Å². The number of carboxylic acids is 1. The van der Waals surface area contributed by atoms with Crippen LogP contribution in [0, 0.1) is 12.3 Å². The number of benzene rings is 1. The van der Waals surface area contributed by atoms with E-state index in [0.29, 0.717) is 25.3 Å². The van der Waals surface area contributed by atoms with Crippen LogP contribution in [-0.4, -0.2) is 43.3 Å². The lowest BCUT2D eigenvalue weighted by molar-refractivity contribution is -0.161. The number of aliphatic carboxylic acids is 1. The predicted octanol–water partition coefficient (Wildman–Crippen LogP) is 2.31. The Morgan fingerprint density at radius 2 is 1.86 bits per heavy atom. The predicted molar refractivity (Wildman–Crippen MR) is 79.9 cm³/mol. The summed E-state index contributed by atoms with van der Waals surface area (Å²) in [7, 11) is 3.24. The Bertz CT molecular complexity index is 535. The molecule has 0 spiro atoms. The molecule has 0 aromatic heterocycles. The fourth-order valence-corrected chi connectivity index (χ4v) is 2.87. The Hall–Kier alpha value is -1.75. The van der Waals surface area contributed by atoms with E-state index in [9.17, 15) is 9.90 Å². The number of carbonyl (C=O) groups is 1. The first-order valence-electron chi connectivity index (χ1n) is 7.13. The van der Waals surface area contributed by atoms with E-state index in [1.165, 1.54) is 0 Å². The van der Waals surface area contributed by atoms with Crippen LogP contribution in [0.5, 0.6) is 11.5 Å². The minimum Gasteiger partial charge on any atom is -0.493 e. The zero-order chi connectivity index (χ0) is 15.6. The van der Waals surface area contributed by atoms with Crippen molar-refractivity contribution in [1.29, 1.82) is 0 Å². The number of carboxylic acid groups (broad SMARTS) is 1. The second kappa shape index (κ2) is 5.93. The van der Waals surface area contributed by atoms with E-state index in [1.54, 1.807) is 14.2 Å². The first-order valence-corrected chi connectivity index (χ1v) is 7.13. The lowest BCUT2D eigenvalue weighted by atomic mass is 9.77. The van der Waals surface area contributed by atoms with Gasteiger partial charge in [0.15, 0.2) is 11.5 Å². The summed E-state index contributed by atoms with van der Waals surface area (Å²) in [6.45, 7) is 5.91. The average Bonchev–Trinajstić information content (AvgIpc) is 2.42. The molecule has 1 aliphatic rings. The van der Waals surface area contributed by atoms with Gasteiger partial charge in [0.05, 0.1) is 19.6 Å². The van der Waals surface area contributed by atoms with Crippen molar-refractivity contribution in [2.45, 2.75) is 26.8 Å². The number of methoxy groups -OCH3 is 2. The Kier molecular flexibility index (Phi) is 4.42. The highest BCUT2D eigenvalue weighted by atomic mass is 16.5. The Balaban J connectivity index is 2.10. The van der Waals surface area contributed by atoms with Gasteiger partial charge in [0.25, 0.3) is 0 Å². The highest BCUT2D eigenvalue weighted by Crippen LogP contribution is 2.37. The normalized spacial score (nSPS) is 17.1. The molecule has 2 rings (SSSR count). The number of aryl methyl sites for hydroxylation is 1. The molecule has 116 valence electrons. The summed E-state index contributed by atoms with van der Waals surface area (Å²) in [5.74, 6) is 0.736. The lowest BCUT2D eigenvalue weighted by Gasteiger charge is -2.47. The van der Waals surface area contributed by atoms with Crippen molar-refractivity contribution >= 4 is 5.97 Å². The maximum atomic E-state index is 11.3. The van der Waals surface area contributed by atoms with Crippen molar-refractivity contribution in [1.82, 2.24) is 4.90 Å². The summed E-state index contributed by atoms with van der Waals surface area (Å²) < 4.78 is 10.6. The summed E-state index contributed by atoms with van der Waals surface area (Å²) in [5.41, 5.74) is 1.70. The van der Waals surface area contributed by atoms with E-state index in [1.807, 2.05) is 26.0 Å². The first-order chi connectivity index (χ1) is 9.95. The van der Waals surface area contributed by atoms with Crippen molar-refractivity contribution in [2.75, 3.05) is 27.3 Å². The van der Waals surface area contributed by atoms with Crippen LogP contribution in [0.4, 0.5) is 0 Å². The van der Waals surface area contributed by atoms with Gasteiger partial charge in [-0.15, -0.1) is 0 Å². The van der Waals surface area contributed by atoms with Crippen LogP contribution in [0.3, 0.4) is 0 Å². The van der Waals surface area contributed by atoms with Crippen LogP contribution in [0.2, 0.25) is 0 Å². The summed E-state index contributed by atoms with van der Waals surface area (Å²) in [6.07, 6.45) is 0.670. The number of hydrogen-bond acceptors (Lipinski definition) is 4. The van der Waals surface area contributed by atoms with Crippen LogP contribution in [-0.2, 0) is 11.3 Å². The molecule has 1 heterocycles. The second-order valence-corrected chi connectivity index (χ2v) is 5.72. The molecule has 0 aliphatic carbocycles. The third kappa shape index (κ3) is 2.83. The average molecular weight is 293 g/mol. The molecular formula is C16H23NO4. The van der Waals surface area contributed by atoms with Gasteiger partial charge in [-0.1, -0.05) is 6.92 Å². The number of likely N-dealkylation sites (tertiary alicyclic amines) is 1. The fourth-order valence-electron chi connectivity index (χ4n) is 2.87. The minimum atomic E-state index is -0.690. The van der Waals surface area contributed by atoms with Gasteiger partial charge in [-0.2, -0.15) is 0 Å². The molecule has 0 radical (unpaired) electrons. The number of nitrogens with zero attached hydrogens (tertiary/aromatic N) is 1. The van der Waals surface area contributed by atoms with E-state index in [2.05, 4.69) is 4.90 Å². The molecule has 1 fully saturated rings. The van der Waals surface area contributed by atoms with Crippen LogP contribution < -0.4 is 9.47 Å². The molecule has 0 unspecified atom stereocenters. The number of hydrogen-bond donors (Lipinski definition) is 1. The summed E-state index contributed by atoms with van der Waals surface area (Å²) >= 11 is 0. The zero-order valence-corrected chi connectivity index (χ0v) is 13.1. The monoisotopic (exact) mass is 293 g/mol. The van der Waals surface area contributed by atoms with E-state index in [0.717, 1.165) is 23.4 Å². The Labute approximate surface area is 125 Å². The van der Waals surface area contributed by atoms with Gasteiger partial charge in [-0.3, -0.25) is 9.69 Å². The molecule has 5 nitrogen and oxygen atoms in total. The molecule has 0 saturated carbocycles. The smallest absolute Gasteiger partial charge is 0.312 e. The Morgan fingerprint density at radius 1 is 1.29 bits per heavy atom. The van der Waals surface area contributed by atoms with Crippen LogP contribution in [0.1, 0.15) is 24.5 Å². The zero-order valence-electron chi connectivity index (χ0n) is 13.1. The fraction of sp³-hybridized carbons (Fsp3) is 0.562. The first kappa shape index (κ1) is 15.6. The van der Waals surface area contributed by atoms with Crippen molar-refractivity contribution in [3.05, 3.63) is 23.3 Å². The van der Waals surface area contributed by atoms with Crippen molar-refractivity contribution in [3.63, 3.8) is 0 Å². The lowest BCUT2D eigenvalue weighted by Crippen LogP contribution is -2.59. The van der Waals surface area contributed by atoms with E-state index >= 15 is 0 Å². The molecule has 0 bridgehead atoms. The summed E-state index contributed by atoms with van der Waals surface area (Å²) in [6, 6.07) is 3.93. The number of ether oxygens (including phenoxy) is 2. The van der Waals surface area contributed by atoms with Crippen molar-refractivity contribution in [2.24, 2.45) is 5.41 Å². The van der Waals surface area contributed by atoms with E-state index in [4.69, 9.17) is 9.47 Å². The molecule has 0 amide bonds. The largest absolute Gasteiger partial charge is 0.493 e. The maximum Gasteiger partial charge on any atom is 0.312 e. The van der Waals surface area contributed by atoms with Crippen LogP contribution in [0.15, 0.2) is 12.1 Å². The topological polar surface area (TPSA) is 59.0 Å². The summed E-state index contributed by atoms with van der Waals surface area (Å²) in [4.78, 5) is 13.5. The quantitative estimate of drug-likeness (QED) is 0.872. The number of rotatable bonds is 6. The van der Waals surface area contributed by atoms with Gasteiger partial charge in [-0.05, 0) is 36.6 Å². The van der Waals surface area contributed by atoms with Crippen LogP contribution in [0.25, 0.3) is 0 Å². The van der Waals surface area contributed by atoms with Gasteiger partial charge in [0.2, 0.25) is 0 Å². The molecule has 0 atom stereocenters. The second-order valence-electron chi connectivity index (χ2n) is 5.72. The van der Waals surface area contributed by atoms with Gasteiger partial charge in [-0.25, -0.2) is 0 Å². The van der Waals surface area contributed by atoms with Gasteiger partial charge in [0, 0.05) is 19.6 Å². The van der Waals surface area contributed by atoms with Gasteiger partial charge < -0.3 is 14.6 Å². The molecule has 1 aromatic carbocycles. The SMILES string of the molecule is CCC1(C(=O)O)CN(Cc2cc(OC)c(OC)cc2C)C1. The van der Waals surface area contributed by atoms with E-state index < -0.39 is 11.4 Å².